The molecule has 0 atom stereocenters. The first kappa shape index (κ1) is 22.8. The van der Waals surface area contributed by atoms with Crippen molar-refractivity contribution in [3.63, 3.8) is 0 Å². The van der Waals surface area contributed by atoms with Crippen molar-refractivity contribution in [2.75, 3.05) is 0 Å². The Bertz CT molecular complexity index is 1920. The van der Waals surface area contributed by atoms with Gasteiger partial charge in [-0.05, 0) is 40.4 Å². The molecule has 0 saturated heterocycles. The van der Waals surface area contributed by atoms with E-state index in [9.17, 15) is 0 Å². The highest BCUT2D eigenvalue weighted by molar-refractivity contribution is 7.26. The van der Waals surface area contributed by atoms with Crippen molar-refractivity contribution in [1.29, 1.82) is 0 Å². The molecule has 0 unspecified atom stereocenters. The second-order valence-electron chi connectivity index (χ2n) is 9.03. The van der Waals surface area contributed by atoms with Crippen LogP contribution in [0.5, 0.6) is 0 Å². The minimum Gasteiger partial charge on any atom is -0.208 e. The zero-order valence-corrected chi connectivity index (χ0v) is 21.7. The van der Waals surface area contributed by atoms with Gasteiger partial charge in [-0.3, -0.25) is 0 Å². The van der Waals surface area contributed by atoms with Crippen LogP contribution in [0.1, 0.15) is 0 Å². The Balaban J connectivity index is 1.49. The molecule has 5 aromatic carbocycles. The van der Waals surface area contributed by atoms with Gasteiger partial charge in [-0.25, -0.2) is 4.98 Å². The smallest absolute Gasteiger partial charge is 0.208 e. The van der Waals surface area contributed by atoms with Crippen molar-refractivity contribution in [3.05, 3.63) is 127 Å². The van der Waals surface area contributed by atoms with Crippen LogP contribution in [0.4, 0.5) is 0 Å². The molecule has 0 aliphatic carbocycles. The molecule has 0 bridgehead atoms. The highest BCUT2D eigenvalue weighted by Crippen LogP contribution is 2.45. The number of rotatable bonds is 4. The van der Waals surface area contributed by atoms with Gasteiger partial charge in [0, 0.05) is 36.9 Å². The number of hydrogen-bond acceptors (Lipinski definition) is 4. The Kier molecular flexibility index (Phi) is 5.69. The van der Waals surface area contributed by atoms with Crippen molar-refractivity contribution in [2.24, 2.45) is 0 Å². The lowest BCUT2D eigenvalue weighted by Crippen LogP contribution is -1.98. The van der Waals surface area contributed by atoms with E-state index in [2.05, 4.69) is 88.8 Å². The maximum Gasteiger partial charge on any atom is 0.226 e. The highest BCUT2D eigenvalue weighted by Gasteiger charge is 2.19. The van der Waals surface area contributed by atoms with Gasteiger partial charge in [0.2, 0.25) is 5.28 Å². The van der Waals surface area contributed by atoms with Crippen LogP contribution in [0.2, 0.25) is 5.28 Å². The molecule has 0 spiro atoms. The summed E-state index contributed by atoms with van der Waals surface area (Å²) >= 11 is 8.25. The van der Waals surface area contributed by atoms with Gasteiger partial charge in [-0.1, -0.05) is 109 Å². The van der Waals surface area contributed by atoms with Gasteiger partial charge in [0.25, 0.3) is 0 Å². The van der Waals surface area contributed by atoms with E-state index in [-0.39, 0.29) is 5.28 Å². The summed E-state index contributed by atoms with van der Waals surface area (Å²) in [5.41, 5.74) is 6.47. The second kappa shape index (κ2) is 9.49. The van der Waals surface area contributed by atoms with Gasteiger partial charge < -0.3 is 0 Å². The molecule has 38 heavy (non-hydrogen) atoms. The van der Waals surface area contributed by atoms with Gasteiger partial charge in [-0.2, -0.15) is 9.97 Å². The maximum absolute atomic E-state index is 6.45. The summed E-state index contributed by atoms with van der Waals surface area (Å²) in [5, 5.41) is 2.64. The molecule has 7 rings (SSSR count). The molecule has 0 radical (unpaired) electrons. The third-order valence-electron chi connectivity index (χ3n) is 6.69. The molecular formula is C33H20ClN3S. The normalized spacial score (nSPS) is 11.3. The van der Waals surface area contributed by atoms with E-state index in [0.717, 1.165) is 22.3 Å². The van der Waals surface area contributed by atoms with Crippen molar-refractivity contribution in [2.45, 2.75) is 0 Å². The van der Waals surface area contributed by atoms with Crippen LogP contribution >= 0.6 is 22.9 Å². The fourth-order valence-corrected chi connectivity index (χ4v) is 6.39. The van der Waals surface area contributed by atoms with Gasteiger partial charge in [-0.15, -0.1) is 11.3 Å². The monoisotopic (exact) mass is 525 g/mol. The predicted molar refractivity (Wildman–Crippen MR) is 159 cm³/mol. The fourth-order valence-electron chi connectivity index (χ4n) is 4.91. The van der Waals surface area contributed by atoms with Crippen molar-refractivity contribution >= 4 is 43.1 Å². The van der Waals surface area contributed by atoms with E-state index in [0.29, 0.717) is 11.6 Å². The Hall–Kier alpha value is -4.38. The molecule has 180 valence electrons. The average molecular weight is 526 g/mol. The first-order valence-electron chi connectivity index (χ1n) is 12.3. The zero-order valence-electron chi connectivity index (χ0n) is 20.2. The Morgan fingerprint density at radius 3 is 1.82 bits per heavy atom. The summed E-state index contributed by atoms with van der Waals surface area (Å²) in [5.74, 6) is 1.12. The summed E-state index contributed by atoms with van der Waals surface area (Å²) < 4.78 is 2.45. The third kappa shape index (κ3) is 4.04. The van der Waals surface area contributed by atoms with E-state index in [1.165, 1.54) is 31.3 Å². The summed E-state index contributed by atoms with van der Waals surface area (Å²) in [7, 11) is 0. The Labute approximate surface area is 229 Å². The van der Waals surface area contributed by atoms with E-state index >= 15 is 0 Å². The first-order chi connectivity index (χ1) is 18.7. The summed E-state index contributed by atoms with van der Waals surface area (Å²) in [6, 6.07) is 41.8. The van der Waals surface area contributed by atoms with Crippen LogP contribution in [-0.2, 0) is 0 Å². The van der Waals surface area contributed by atoms with E-state index in [1.54, 1.807) is 11.3 Å². The third-order valence-corrected chi connectivity index (χ3v) is 8.05. The lowest BCUT2D eigenvalue weighted by Gasteiger charge is -2.12. The molecule has 0 saturated carbocycles. The van der Waals surface area contributed by atoms with Gasteiger partial charge in [0.05, 0.1) is 0 Å². The number of hydrogen-bond donors (Lipinski definition) is 0. The number of benzene rings is 5. The van der Waals surface area contributed by atoms with E-state index in [4.69, 9.17) is 16.6 Å². The molecule has 2 heterocycles. The number of aromatic nitrogens is 3. The number of thiophene rings is 1. The van der Waals surface area contributed by atoms with Gasteiger partial charge in [0.1, 0.15) is 0 Å². The Morgan fingerprint density at radius 2 is 1.11 bits per heavy atom. The highest BCUT2D eigenvalue weighted by atomic mass is 35.5. The molecule has 2 aromatic heterocycles. The molecule has 3 nitrogen and oxygen atoms in total. The molecule has 0 amide bonds. The van der Waals surface area contributed by atoms with Crippen molar-refractivity contribution in [1.82, 2.24) is 15.0 Å². The van der Waals surface area contributed by atoms with Crippen molar-refractivity contribution in [3.8, 4) is 45.0 Å². The molecule has 0 aliphatic heterocycles. The maximum atomic E-state index is 6.45. The summed E-state index contributed by atoms with van der Waals surface area (Å²) in [6.07, 6.45) is 0. The first-order valence-corrected chi connectivity index (χ1v) is 13.5. The SMILES string of the molecule is Clc1nc(-c2ccccc2)nc(-c2ccc3c(sc4cc(-c5ccccc5)ccc43)c2-c2ccccc2)n1. The minimum absolute atomic E-state index is 0.178. The standard InChI is InChI=1S/C33H20ClN3S/c34-33-36-31(23-14-8-3-9-15-23)35-32(37-33)27-19-18-26-25-17-16-24(21-10-4-1-5-11-21)20-28(25)38-30(26)29(27)22-12-6-2-7-13-22/h1-20H. The fraction of sp³-hybridized carbons (Fsp3) is 0. The van der Waals surface area contributed by atoms with Crippen LogP contribution in [0.25, 0.3) is 65.2 Å². The average Bonchev–Trinajstić information content (AvgIpc) is 3.35. The number of halogens is 1. The molecular weight excluding hydrogens is 506 g/mol. The van der Waals surface area contributed by atoms with Crippen LogP contribution in [0.15, 0.2) is 121 Å². The van der Waals surface area contributed by atoms with Crippen LogP contribution < -0.4 is 0 Å². The molecule has 0 N–H and O–H groups in total. The predicted octanol–water partition coefficient (Wildman–Crippen LogP) is 9.56. The van der Waals surface area contributed by atoms with E-state index < -0.39 is 0 Å². The quantitative estimate of drug-likeness (QED) is 0.229. The van der Waals surface area contributed by atoms with E-state index in [1.807, 2.05) is 42.5 Å². The summed E-state index contributed by atoms with van der Waals surface area (Å²) in [6.45, 7) is 0. The van der Waals surface area contributed by atoms with Crippen molar-refractivity contribution < 1.29 is 0 Å². The topological polar surface area (TPSA) is 38.7 Å². The lowest BCUT2D eigenvalue weighted by atomic mass is 9.96. The molecule has 5 heteroatoms. The van der Waals surface area contributed by atoms with Gasteiger partial charge >= 0.3 is 0 Å². The number of nitrogens with zero attached hydrogens (tertiary/aromatic N) is 3. The van der Waals surface area contributed by atoms with Crippen LogP contribution in [-0.4, -0.2) is 15.0 Å². The largest absolute Gasteiger partial charge is 0.226 e. The lowest BCUT2D eigenvalue weighted by molar-refractivity contribution is 1.07. The van der Waals surface area contributed by atoms with Crippen LogP contribution in [0.3, 0.4) is 0 Å². The zero-order chi connectivity index (χ0) is 25.5. The van der Waals surface area contributed by atoms with Gasteiger partial charge in [0.15, 0.2) is 11.6 Å². The molecule has 0 aliphatic rings. The number of fused-ring (bicyclic) bond motifs is 3. The summed E-state index contributed by atoms with van der Waals surface area (Å²) in [4.78, 5) is 13.9. The minimum atomic E-state index is 0.178. The second-order valence-corrected chi connectivity index (χ2v) is 10.4. The molecule has 7 aromatic rings. The Morgan fingerprint density at radius 1 is 0.500 bits per heavy atom. The van der Waals surface area contributed by atoms with Crippen LogP contribution in [0, 0.1) is 0 Å². The molecule has 0 fully saturated rings.